The summed E-state index contributed by atoms with van der Waals surface area (Å²) in [5.41, 5.74) is 0.211. The fraction of sp³-hybridized carbons (Fsp3) is 0.370. The third-order valence-corrected chi connectivity index (χ3v) is 7.00. The Labute approximate surface area is 209 Å². The standard InChI is InChI=1S/C27H30FN3O5/c1-27(20-12-14-30(15-13-20)23(32)11-10-18-6-4-8-21(28)16-18)25(33)31(26(34)29-27)17-19-7-5-9-22(35-2)24(19)36-3/h4-11,16,20H,12-15,17H2,1-3H3,(H,29,34)/b11-10+. The van der Waals surface area contributed by atoms with Crippen molar-refractivity contribution in [3.05, 3.63) is 65.5 Å². The van der Waals surface area contributed by atoms with Crippen LogP contribution in [0.2, 0.25) is 0 Å². The van der Waals surface area contributed by atoms with Crippen molar-refractivity contribution in [1.82, 2.24) is 15.1 Å². The summed E-state index contributed by atoms with van der Waals surface area (Å²) in [4.78, 5) is 41.8. The maximum atomic E-state index is 13.4. The molecular formula is C27H30FN3O5. The van der Waals surface area contributed by atoms with E-state index in [-0.39, 0.29) is 30.1 Å². The number of likely N-dealkylation sites (tertiary alicyclic amines) is 1. The molecule has 4 rings (SSSR count). The third-order valence-electron chi connectivity index (χ3n) is 7.00. The van der Waals surface area contributed by atoms with Crippen molar-refractivity contribution in [1.29, 1.82) is 0 Å². The molecule has 9 heteroatoms. The lowest BCUT2D eigenvalue weighted by Crippen LogP contribution is -2.54. The first kappa shape index (κ1) is 25.2. The Morgan fingerprint density at radius 2 is 1.86 bits per heavy atom. The number of carbonyl (C=O) groups excluding carboxylic acids is 3. The second-order valence-corrected chi connectivity index (χ2v) is 9.16. The lowest BCUT2D eigenvalue weighted by Gasteiger charge is -2.38. The van der Waals surface area contributed by atoms with Gasteiger partial charge in [-0.05, 0) is 55.5 Å². The number of halogens is 1. The van der Waals surface area contributed by atoms with Crippen LogP contribution in [-0.4, -0.2) is 60.5 Å². The summed E-state index contributed by atoms with van der Waals surface area (Å²) in [6.07, 6.45) is 4.16. The van der Waals surface area contributed by atoms with Crippen molar-refractivity contribution >= 4 is 23.9 Å². The number of methoxy groups -OCH3 is 2. The van der Waals surface area contributed by atoms with Crippen LogP contribution in [0.1, 0.15) is 30.9 Å². The molecule has 0 bridgehead atoms. The van der Waals surface area contributed by atoms with E-state index in [1.165, 1.54) is 37.3 Å². The molecule has 4 amide bonds. The number of piperidine rings is 1. The normalized spacial score (nSPS) is 20.7. The van der Waals surface area contributed by atoms with Gasteiger partial charge in [0.2, 0.25) is 5.91 Å². The first-order chi connectivity index (χ1) is 17.3. The maximum Gasteiger partial charge on any atom is 0.325 e. The van der Waals surface area contributed by atoms with Crippen molar-refractivity contribution in [2.75, 3.05) is 27.3 Å². The molecule has 2 heterocycles. The molecular weight excluding hydrogens is 465 g/mol. The zero-order valence-electron chi connectivity index (χ0n) is 20.6. The van der Waals surface area contributed by atoms with Crippen LogP contribution in [0.25, 0.3) is 6.08 Å². The highest BCUT2D eigenvalue weighted by Crippen LogP contribution is 2.36. The predicted molar refractivity (Wildman–Crippen MR) is 132 cm³/mol. The van der Waals surface area contributed by atoms with Crippen LogP contribution in [0, 0.1) is 11.7 Å². The van der Waals surface area contributed by atoms with Crippen LogP contribution in [-0.2, 0) is 16.1 Å². The maximum absolute atomic E-state index is 13.4. The molecule has 2 saturated heterocycles. The van der Waals surface area contributed by atoms with E-state index in [0.717, 1.165) is 0 Å². The van der Waals surface area contributed by atoms with Crippen LogP contribution in [0.3, 0.4) is 0 Å². The minimum Gasteiger partial charge on any atom is -0.493 e. The minimum absolute atomic E-state index is 0.0584. The molecule has 0 saturated carbocycles. The number of amides is 4. The van der Waals surface area contributed by atoms with Gasteiger partial charge >= 0.3 is 6.03 Å². The topological polar surface area (TPSA) is 88.2 Å². The summed E-state index contributed by atoms with van der Waals surface area (Å²) in [5.74, 6) is 0.0494. The molecule has 0 spiro atoms. The summed E-state index contributed by atoms with van der Waals surface area (Å²) in [6, 6.07) is 10.9. The van der Waals surface area contributed by atoms with Gasteiger partial charge in [-0.15, -0.1) is 0 Å². The van der Waals surface area contributed by atoms with Gasteiger partial charge in [-0.3, -0.25) is 14.5 Å². The Balaban J connectivity index is 1.40. The second kappa shape index (κ2) is 10.4. The van der Waals surface area contributed by atoms with Crippen molar-refractivity contribution in [3.8, 4) is 11.5 Å². The second-order valence-electron chi connectivity index (χ2n) is 9.16. The van der Waals surface area contributed by atoms with E-state index in [9.17, 15) is 18.8 Å². The molecule has 0 aliphatic carbocycles. The fourth-order valence-corrected chi connectivity index (χ4v) is 4.94. The molecule has 0 radical (unpaired) electrons. The Kier molecular flexibility index (Phi) is 7.28. The number of urea groups is 1. The van der Waals surface area contributed by atoms with E-state index in [0.29, 0.717) is 48.6 Å². The lowest BCUT2D eigenvalue weighted by molar-refractivity contribution is -0.134. The number of hydrogen-bond acceptors (Lipinski definition) is 5. The largest absolute Gasteiger partial charge is 0.493 e. The van der Waals surface area contributed by atoms with Gasteiger partial charge in [0, 0.05) is 24.7 Å². The lowest BCUT2D eigenvalue weighted by atomic mass is 9.79. The van der Waals surface area contributed by atoms with Crippen LogP contribution < -0.4 is 14.8 Å². The van der Waals surface area contributed by atoms with E-state index in [1.807, 2.05) is 0 Å². The van der Waals surface area contributed by atoms with E-state index in [2.05, 4.69) is 5.32 Å². The highest BCUT2D eigenvalue weighted by molar-refractivity contribution is 6.07. The molecule has 1 N–H and O–H groups in total. The summed E-state index contributed by atoms with van der Waals surface area (Å²) < 4.78 is 24.1. The van der Waals surface area contributed by atoms with Crippen molar-refractivity contribution in [2.45, 2.75) is 31.8 Å². The summed E-state index contributed by atoms with van der Waals surface area (Å²) in [6.45, 7) is 2.73. The highest BCUT2D eigenvalue weighted by Gasteiger charge is 2.53. The molecule has 2 aliphatic rings. The van der Waals surface area contributed by atoms with Gasteiger partial charge in [-0.25, -0.2) is 9.18 Å². The van der Waals surface area contributed by atoms with Gasteiger partial charge in [0.15, 0.2) is 11.5 Å². The highest BCUT2D eigenvalue weighted by atomic mass is 19.1. The Morgan fingerprint density at radius 1 is 1.14 bits per heavy atom. The predicted octanol–water partition coefficient (Wildman–Crippen LogP) is 3.61. The monoisotopic (exact) mass is 495 g/mol. The van der Waals surface area contributed by atoms with Gasteiger partial charge in [0.05, 0.1) is 20.8 Å². The zero-order chi connectivity index (χ0) is 25.9. The first-order valence-electron chi connectivity index (χ1n) is 11.8. The smallest absolute Gasteiger partial charge is 0.325 e. The molecule has 190 valence electrons. The van der Waals surface area contributed by atoms with Gasteiger partial charge in [-0.2, -0.15) is 0 Å². The molecule has 36 heavy (non-hydrogen) atoms. The molecule has 2 aromatic carbocycles. The number of imide groups is 1. The number of ether oxygens (including phenoxy) is 2. The molecule has 2 fully saturated rings. The van der Waals surface area contributed by atoms with Crippen molar-refractivity contribution in [2.24, 2.45) is 5.92 Å². The number of nitrogens with one attached hydrogen (secondary N) is 1. The summed E-state index contributed by atoms with van der Waals surface area (Å²) >= 11 is 0. The Morgan fingerprint density at radius 3 is 2.53 bits per heavy atom. The summed E-state index contributed by atoms with van der Waals surface area (Å²) in [5, 5.41) is 2.89. The van der Waals surface area contributed by atoms with Gasteiger partial charge in [0.1, 0.15) is 11.4 Å². The van der Waals surface area contributed by atoms with Crippen LogP contribution in [0.4, 0.5) is 9.18 Å². The van der Waals surface area contributed by atoms with Crippen LogP contribution >= 0.6 is 0 Å². The fourth-order valence-electron chi connectivity index (χ4n) is 4.94. The molecule has 0 aromatic heterocycles. The quantitative estimate of drug-likeness (QED) is 0.468. The first-order valence-corrected chi connectivity index (χ1v) is 11.8. The van der Waals surface area contributed by atoms with E-state index < -0.39 is 11.6 Å². The third kappa shape index (κ3) is 4.91. The van der Waals surface area contributed by atoms with E-state index in [1.54, 1.807) is 48.2 Å². The SMILES string of the molecule is COc1cccc(CN2C(=O)NC(C)(C3CCN(C(=O)/C=C/c4cccc(F)c4)CC3)C2=O)c1OC. The van der Waals surface area contributed by atoms with Gasteiger partial charge < -0.3 is 19.7 Å². The number of para-hydroxylation sites is 1. The van der Waals surface area contributed by atoms with Gasteiger partial charge in [-0.1, -0.05) is 24.3 Å². The zero-order valence-corrected chi connectivity index (χ0v) is 20.6. The number of rotatable bonds is 7. The number of carbonyl (C=O) groups is 3. The van der Waals surface area contributed by atoms with Crippen LogP contribution in [0.5, 0.6) is 11.5 Å². The average Bonchev–Trinajstić information content (AvgIpc) is 3.10. The van der Waals surface area contributed by atoms with Gasteiger partial charge in [0.25, 0.3) is 5.91 Å². The van der Waals surface area contributed by atoms with Crippen LogP contribution in [0.15, 0.2) is 48.5 Å². The Hall–Kier alpha value is -3.88. The number of benzene rings is 2. The Bertz CT molecular complexity index is 1190. The minimum atomic E-state index is -1.06. The van der Waals surface area contributed by atoms with Crippen molar-refractivity contribution in [3.63, 3.8) is 0 Å². The van der Waals surface area contributed by atoms with E-state index >= 15 is 0 Å². The van der Waals surface area contributed by atoms with Crippen molar-refractivity contribution < 1.29 is 28.2 Å². The molecule has 1 unspecified atom stereocenters. The molecule has 8 nitrogen and oxygen atoms in total. The van der Waals surface area contributed by atoms with E-state index in [4.69, 9.17) is 9.47 Å². The number of nitrogens with zero attached hydrogens (tertiary/aromatic N) is 2. The average molecular weight is 496 g/mol. The molecule has 2 aromatic rings. The molecule has 2 aliphatic heterocycles. The molecule has 1 atom stereocenters. The number of hydrogen-bond donors (Lipinski definition) is 1. The summed E-state index contributed by atoms with van der Waals surface area (Å²) in [7, 11) is 3.04.